The summed E-state index contributed by atoms with van der Waals surface area (Å²) in [5.74, 6) is -0.261. The molecule has 3 aromatic rings. The maximum atomic E-state index is 13.2. The molecule has 31 heavy (non-hydrogen) atoms. The topological polar surface area (TPSA) is 90.3 Å². The SMILES string of the molecule is N#Cc1cccc(CN2CC[C@H](NS(=O)(=O)c3ccccc3-c3ccccc3)C2=O)c1. The van der Waals surface area contributed by atoms with E-state index in [1.54, 1.807) is 47.4 Å². The minimum absolute atomic E-state index is 0.147. The number of amides is 1. The normalized spacial score (nSPS) is 16.3. The molecule has 156 valence electrons. The zero-order valence-electron chi connectivity index (χ0n) is 16.7. The van der Waals surface area contributed by atoms with Crippen LogP contribution in [0.1, 0.15) is 17.5 Å². The highest BCUT2D eigenvalue weighted by Gasteiger charge is 2.35. The van der Waals surface area contributed by atoms with Gasteiger partial charge in [0.25, 0.3) is 0 Å². The first-order valence-corrected chi connectivity index (χ1v) is 11.4. The van der Waals surface area contributed by atoms with Crippen molar-refractivity contribution < 1.29 is 13.2 Å². The first-order valence-electron chi connectivity index (χ1n) is 9.92. The first-order chi connectivity index (χ1) is 15.0. The van der Waals surface area contributed by atoms with E-state index in [4.69, 9.17) is 5.26 Å². The minimum Gasteiger partial charge on any atom is -0.337 e. The van der Waals surface area contributed by atoms with Crippen LogP contribution in [0.4, 0.5) is 0 Å². The molecule has 0 spiro atoms. The summed E-state index contributed by atoms with van der Waals surface area (Å²) in [7, 11) is -3.90. The number of nitrogens with one attached hydrogen (secondary N) is 1. The predicted octanol–water partition coefficient (Wildman–Crippen LogP) is 3.30. The monoisotopic (exact) mass is 431 g/mol. The van der Waals surface area contributed by atoms with Crippen LogP contribution in [-0.2, 0) is 21.4 Å². The number of hydrogen-bond acceptors (Lipinski definition) is 4. The van der Waals surface area contributed by atoms with Crippen molar-refractivity contribution in [3.63, 3.8) is 0 Å². The maximum absolute atomic E-state index is 13.2. The number of likely N-dealkylation sites (tertiary alicyclic amines) is 1. The Morgan fingerprint density at radius 1 is 1.00 bits per heavy atom. The van der Waals surface area contributed by atoms with Crippen LogP contribution in [0, 0.1) is 11.3 Å². The number of nitriles is 1. The molecule has 1 aliphatic heterocycles. The third kappa shape index (κ3) is 4.50. The molecule has 0 bridgehead atoms. The summed E-state index contributed by atoms with van der Waals surface area (Å²) in [6, 6.07) is 24.4. The largest absolute Gasteiger partial charge is 0.337 e. The van der Waals surface area contributed by atoms with Crippen molar-refractivity contribution in [2.45, 2.75) is 23.9 Å². The lowest BCUT2D eigenvalue weighted by molar-refractivity contribution is -0.129. The van der Waals surface area contributed by atoms with E-state index in [0.29, 0.717) is 30.6 Å². The van der Waals surface area contributed by atoms with Gasteiger partial charge in [-0.15, -0.1) is 0 Å². The second-order valence-electron chi connectivity index (χ2n) is 7.40. The van der Waals surface area contributed by atoms with Crippen molar-refractivity contribution in [3.05, 3.63) is 90.0 Å². The molecular formula is C24H21N3O3S. The first kappa shape index (κ1) is 20.8. The third-order valence-electron chi connectivity index (χ3n) is 5.29. The summed E-state index contributed by atoms with van der Waals surface area (Å²) < 4.78 is 28.9. The van der Waals surface area contributed by atoms with Gasteiger partial charge in [0.2, 0.25) is 15.9 Å². The number of rotatable bonds is 6. The molecule has 1 aliphatic rings. The van der Waals surface area contributed by atoms with Crippen molar-refractivity contribution in [2.24, 2.45) is 0 Å². The number of hydrogen-bond donors (Lipinski definition) is 1. The molecule has 1 atom stereocenters. The Labute approximate surface area is 181 Å². The third-order valence-corrected chi connectivity index (χ3v) is 6.82. The number of carbonyl (C=O) groups is 1. The van der Waals surface area contributed by atoms with E-state index < -0.39 is 16.1 Å². The molecule has 0 aliphatic carbocycles. The molecule has 0 unspecified atom stereocenters. The Morgan fingerprint density at radius 2 is 1.74 bits per heavy atom. The summed E-state index contributed by atoms with van der Waals surface area (Å²) >= 11 is 0. The maximum Gasteiger partial charge on any atom is 0.241 e. The van der Waals surface area contributed by atoms with Crippen LogP contribution in [0.5, 0.6) is 0 Å². The van der Waals surface area contributed by atoms with Gasteiger partial charge < -0.3 is 4.90 Å². The molecule has 1 amide bonds. The molecule has 0 aromatic heterocycles. The van der Waals surface area contributed by atoms with E-state index in [9.17, 15) is 13.2 Å². The summed E-state index contributed by atoms with van der Waals surface area (Å²) in [6.45, 7) is 0.788. The van der Waals surface area contributed by atoms with Crippen molar-refractivity contribution >= 4 is 15.9 Å². The molecule has 3 aromatic carbocycles. The van der Waals surface area contributed by atoms with Gasteiger partial charge in [0, 0.05) is 18.7 Å². The Bertz CT molecular complexity index is 1250. The van der Waals surface area contributed by atoms with E-state index in [0.717, 1.165) is 11.1 Å². The van der Waals surface area contributed by atoms with Crippen LogP contribution >= 0.6 is 0 Å². The van der Waals surface area contributed by atoms with Gasteiger partial charge in [-0.3, -0.25) is 4.79 Å². The highest BCUT2D eigenvalue weighted by atomic mass is 32.2. The van der Waals surface area contributed by atoms with Crippen molar-refractivity contribution in [1.82, 2.24) is 9.62 Å². The quantitative estimate of drug-likeness (QED) is 0.648. The fourth-order valence-electron chi connectivity index (χ4n) is 3.77. The molecule has 7 heteroatoms. The molecule has 1 fully saturated rings. The van der Waals surface area contributed by atoms with Crippen LogP contribution in [0.3, 0.4) is 0 Å². The number of carbonyl (C=O) groups excluding carboxylic acids is 1. The van der Waals surface area contributed by atoms with Crippen LogP contribution in [0.15, 0.2) is 83.8 Å². The van der Waals surface area contributed by atoms with E-state index in [2.05, 4.69) is 10.8 Å². The summed E-state index contributed by atoms with van der Waals surface area (Å²) in [4.78, 5) is 14.6. The van der Waals surface area contributed by atoms with Gasteiger partial charge in [-0.25, -0.2) is 8.42 Å². The van der Waals surface area contributed by atoms with E-state index in [1.165, 1.54) is 0 Å². The average Bonchev–Trinajstić information content (AvgIpc) is 3.13. The van der Waals surface area contributed by atoms with Gasteiger partial charge in [0.05, 0.1) is 16.5 Å². The van der Waals surface area contributed by atoms with Gasteiger partial charge in [-0.2, -0.15) is 9.98 Å². The van der Waals surface area contributed by atoms with Crippen LogP contribution in [0.25, 0.3) is 11.1 Å². The van der Waals surface area contributed by atoms with Crippen LogP contribution < -0.4 is 4.72 Å². The molecular weight excluding hydrogens is 410 g/mol. The van der Waals surface area contributed by atoms with Gasteiger partial charge in [0.15, 0.2) is 0 Å². The standard InChI is InChI=1S/C24H21N3O3S/c25-16-18-7-6-8-19(15-18)17-27-14-13-22(24(27)28)26-31(29,30)23-12-5-4-11-21(23)20-9-2-1-3-10-20/h1-12,15,22,26H,13-14,17H2/t22-/m0/s1. The summed E-state index contributed by atoms with van der Waals surface area (Å²) in [5.41, 5.74) is 2.75. The van der Waals surface area contributed by atoms with Gasteiger partial charge in [0.1, 0.15) is 6.04 Å². The second-order valence-corrected chi connectivity index (χ2v) is 9.08. The fraction of sp³-hybridized carbons (Fsp3) is 0.167. The number of sulfonamides is 1. The number of benzene rings is 3. The zero-order valence-corrected chi connectivity index (χ0v) is 17.5. The van der Waals surface area contributed by atoms with E-state index >= 15 is 0 Å². The van der Waals surface area contributed by atoms with Gasteiger partial charge >= 0.3 is 0 Å². The molecule has 1 N–H and O–H groups in total. The highest BCUT2D eigenvalue weighted by molar-refractivity contribution is 7.89. The highest BCUT2D eigenvalue weighted by Crippen LogP contribution is 2.28. The predicted molar refractivity (Wildman–Crippen MR) is 117 cm³/mol. The molecule has 6 nitrogen and oxygen atoms in total. The van der Waals surface area contributed by atoms with Gasteiger partial charge in [-0.05, 0) is 35.7 Å². The fourth-order valence-corrected chi connectivity index (χ4v) is 5.23. The molecule has 0 radical (unpaired) electrons. The van der Waals surface area contributed by atoms with E-state index in [1.807, 2.05) is 36.4 Å². The Balaban J connectivity index is 1.52. The minimum atomic E-state index is -3.90. The Morgan fingerprint density at radius 3 is 2.52 bits per heavy atom. The lowest BCUT2D eigenvalue weighted by Crippen LogP contribution is -2.41. The van der Waals surface area contributed by atoms with Crippen LogP contribution in [-0.4, -0.2) is 31.8 Å². The lowest BCUT2D eigenvalue weighted by atomic mass is 10.1. The van der Waals surface area contributed by atoms with Crippen molar-refractivity contribution in [3.8, 4) is 17.2 Å². The smallest absolute Gasteiger partial charge is 0.241 e. The number of nitrogens with zero attached hydrogens (tertiary/aromatic N) is 2. The Hall–Kier alpha value is -3.47. The van der Waals surface area contributed by atoms with Crippen molar-refractivity contribution in [1.29, 1.82) is 5.26 Å². The summed E-state index contributed by atoms with van der Waals surface area (Å²) in [5, 5.41) is 9.05. The molecule has 4 rings (SSSR count). The van der Waals surface area contributed by atoms with Gasteiger partial charge in [-0.1, -0.05) is 60.7 Å². The molecule has 0 saturated carbocycles. The second kappa shape index (κ2) is 8.72. The van der Waals surface area contributed by atoms with Crippen LogP contribution in [0.2, 0.25) is 0 Å². The zero-order chi connectivity index (χ0) is 21.8. The van der Waals surface area contributed by atoms with Crippen molar-refractivity contribution in [2.75, 3.05) is 6.54 Å². The van der Waals surface area contributed by atoms with E-state index in [-0.39, 0.29) is 10.8 Å². The average molecular weight is 432 g/mol. The Kier molecular flexibility index (Phi) is 5.85. The summed E-state index contributed by atoms with van der Waals surface area (Å²) in [6.07, 6.45) is 0.392. The molecule has 1 saturated heterocycles. The molecule has 1 heterocycles. The lowest BCUT2D eigenvalue weighted by Gasteiger charge is -2.18.